The van der Waals surface area contributed by atoms with E-state index in [1.54, 1.807) is 23.1 Å². The number of amides is 1. The van der Waals surface area contributed by atoms with Crippen molar-refractivity contribution in [2.24, 2.45) is 7.05 Å². The molecule has 8 heteroatoms. The average molecular weight is 344 g/mol. The van der Waals surface area contributed by atoms with Crippen LogP contribution in [0.3, 0.4) is 0 Å². The highest BCUT2D eigenvalue weighted by atomic mass is 32.1. The summed E-state index contributed by atoms with van der Waals surface area (Å²) in [4.78, 5) is 17.9. The minimum atomic E-state index is -0.230. The van der Waals surface area contributed by atoms with E-state index in [1.165, 1.54) is 6.33 Å². The summed E-state index contributed by atoms with van der Waals surface area (Å²) in [6.07, 6.45) is 2.48. The van der Waals surface area contributed by atoms with Crippen molar-refractivity contribution in [3.05, 3.63) is 41.4 Å². The van der Waals surface area contributed by atoms with Crippen LogP contribution < -0.4 is 5.32 Å². The first-order chi connectivity index (χ1) is 11.6. The molecule has 0 radical (unpaired) electrons. The number of aromatic nitrogens is 5. The van der Waals surface area contributed by atoms with Crippen molar-refractivity contribution < 1.29 is 4.79 Å². The fourth-order valence-electron chi connectivity index (χ4n) is 2.55. The minimum absolute atomic E-state index is 0.175. The summed E-state index contributed by atoms with van der Waals surface area (Å²) < 4.78 is 3.43. The maximum absolute atomic E-state index is 12.6. The van der Waals surface area contributed by atoms with Crippen LogP contribution in [0, 0.1) is 0 Å². The van der Waals surface area contributed by atoms with E-state index in [9.17, 15) is 4.79 Å². The molecule has 3 heterocycles. The van der Waals surface area contributed by atoms with Gasteiger partial charge in [-0.15, -0.1) is 11.3 Å². The van der Waals surface area contributed by atoms with Crippen molar-refractivity contribution in [1.29, 1.82) is 0 Å². The second-order valence-corrected chi connectivity index (χ2v) is 6.50. The van der Waals surface area contributed by atoms with Crippen LogP contribution in [0.2, 0.25) is 0 Å². The third kappa shape index (κ3) is 3.23. The molecule has 0 aromatic carbocycles. The van der Waals surface area contributed by atoms with Crippen molar-refractivity contribution >= 4 is 17.2 Å². The lowest BCUT2D eigenvalue weighted by atomic mass is 10.2. The standard InChI is InChI=1S/C16H20N6OS/c1-4-7-22-15(17-10-18-22)11(2)19-16(23)13-9-12(20-21(13)3)14-6-5-8-24-14/h5-6,8-11H,4,7H2,1-3H3,(H,19,23)/t11-/m1/s1. The van der Waals surface area contributed by atoms with Crippen molar-refractivity contribution in [2.45, 2.75) is 32.9 Å². The molecule has 0 saturated carbocycles. The Morgan fingerprint density at radius 1 is 1.46 bits per heavy atom. The average Bonchev–Trinajstić information content (AvgIpc) is 3.26. The first-order valence-corrected chi connectivity index (χ1v) is 8.74. The molecular weight excluding hydrogens is 324 g/mol. The Morgan fingerprint density at radius 2 is 2.29 bits per heavy atom. The number of rotatable bonds is 6. The zero-order valence-electron chi connectivity index (χ0n) is 13.9. The zero-order valence-corrected chi connectivity index (χ0v) is 14.7. The lowest BCUT2D eigenvalue weighted by molar-refractivity contribution is 0.0928. The van der Waals surface area contributed by atoms with Gasteiger partial charge in [-0.1, -0.05) is 13.0 Å². The first-order valence-electron chi connectivity index (χ1n) is 7.86. The van der Waals surface area contributed by atoms with E-state index in [0.717, 1.165) is 29.4 Å². The molecule has 0 unspecified atom stereocenters. The summed E-state index contributed by atoms with van der Waals surface area (Å²) in [5, 5.41) is 13.6. The number of hydrogen-bond donors (Lipinski definition) is 1. The van der Waals surface area contributed by atoms with Gasteiger partial charge < -0.3 is 5.32 Å². The SMILES string of the molecule is CCCn1ncnc1[C@@H](C)NC(=O)c1cc(-c2cccs2)nn1C. The normalized spacial score (nSPS) is 12.3. The van der Waals surface area contributed by atoms with Crippen LogP contribution in [-0.2, 0) is 13.6 Å². The molecule has 1 atom stereocenters. The maximum atomic E-state index is 12.6. The summed E-state index contributed by atoms with van der Waals surface area (Å²) in [5.41, 5.74) is 1.33. The van der Waals surface area contributed by atoms with Crippen LogP contribution in [0.25, 0.3) is 10.6 Å². The van der Waals surface area contributed by atoms with E-state index >= 15 is 0 Å². The quantitative estimate of drug-likeness (QED) is 0.746. The Morgan fingerprint density at radius 3 is 3.00 bits per heavy atom. The molecule has 0 aliphatic heterocycles. The Bertz CT molecular complexity index is 820. The molecule has 0 aliphatic carbocycles. The summed E-state index contributed by atoms with van der Waals surface area (Å²) in [6.45, 7) is 4.77. The van der Waals surface area contributed by atoms with Gasteiger partial charge in [-0.05, 0) is 30.9 Å². The van der Waals surface area contributed by atoms with Gasteiger partial charge >= 0.3 is 0 Å². The predicted molar refractivity (Wildman–Crippen MR) is 92.7 cm³/mol. The van der Waals surface area contributed by atoms with E-state index < -0.39 is 0 Å². The van der Waals surface area contributed by atoms with E-state index in [-0.39, 0.29) is 11.9 Å². The summed E-state index contributed by atoms with van der Waals surface area (Å²) in [5.74, 6) is 0.581. The van der Waals surface area contributed by atoms with Gasteiger partial charge in [0.2, 0.25) is 0 Å². The summed E-state index contributed by atoms with van der Waals surface area (Å²) in [6, 6.07) is 5.54. The Hall–Kier alpha value is -2.48. The van der Waals surface area contributed by atoms with Gasteiger partial charge in [0.05, 0.1) is 10.9 Å². The molecular formula is C16H20N6OS. The van der Waals surface area contributed by atoms with Gasteiger partial charge in [0.25, 0.3) is 5.91 Å². The first kappa shape index (κ1) is 16.4. The molecule has 1 N–H and O–H groups in total. The number of nitrogens with zero attached hydrogens (tertiary/aromatic N) is 5. The molecule has 1 amide bonds. The van der Waals surface area contributed by atoms with Gasteiger partial charge in [-0.2, -0.15) is 10.2 Å². The molecule has 24 heavy (non-hydrogen) atoms. The van der Waals surface area contributed by atoms with Gasteiger partial charge in [0.15, 0.2) is 0 Å². The van der Waals surface area contributed by atoms with Crippen LogP contribution in [0.5, 0.6) is 0 Å². The molecule has 126 valence electrons. The van der Waals surface area contributed by atoms with Crippen LogP contribution >= 0.6 is 11.3 Å². The Kier molecular flexibility index (Phi) is 4.75. The largest absolute Gasteiger partial charge is 0.341 e. The number of thiophene rings is 1. The molecule has 0 fully saturated rings. The number of aryl methyl sites for hydroxylation is 2. The summed E-state index contributed by atoms with van der Waals surface area (Å²) in [7, 11) is 1.77. The van der Waals surface area contributed by atoms with Crippen molar-refractivity contribution in [3.63, 3.8) is 0 Å². The molecule has 0 saturated heterocycles. The number of carbonyl (C=O) groups is 1. The van der Waals surface area contributed by atoms with Crippen molar-refractivity contribution in [3.8, 4) is 10.6 Å². The van der Waals surface area contributed by atoms with Gasteiger partial charge in [0.1, 0.15) is 23.5 Å². The van der Waals surface area contributed by atoms with Crippen LogP contribution in [0.4, 0.5) is 0 Å². The van der Waals surface area contributed by atoms with Crippen LogP contribution in [0.1, 0.15) is 42.6 Å². The fourth-order valence-corrected chi connectivity index (χ4v) is 3.23. The fraction of sp³-hybridized carbons (Fsp3) is 0.375. The van der Waals surface area contributed by atoms with E-state index in [2.05, 4.69) is 27.4 Å². The van der Waals surface area contributed by atoms with Crippen molar-refractivity contribution in [1.82, 2.24) is 29.9 Å². The highest BCUT2D eigenvalue weighted by Gasteiger charge is 2.20. The molecule has 3 aromatic rings. The van der Waals surface area contributed by atoms with Gasteiger partial charge in [0, 0.05) is 13.6 Å². The van der Waals surface area contributed by atoms with Gasteiger partial charge in [-0.3, -0.25) is 9.48 Å². The number of nitrogens with one attached hydrogen (secondary N) is 1. The molecule has 7 nitrogen and oxygen atoms in total. The molecule has 3 aromatic heterocycles. The number of carbonyl (C=O) groups excluding carboxylic acids is 1. The molecule has 3 rings (SSSR count). The topological polar surface area (TPSA) is 77.6 Å². The highest BCUT2D eigenvalue weighted by Crippen LogP contribution is 2.24. The van der Waals surface area contributed by atoms with Gasteiger partial charge in [-0.25, -0.2) is 9.67 Å². The molecule has 0 aliphatic rings. The third-order valence-electron chi connectivity index (χ3n) is 3.70. The zero-order chi connectivity index (χ0) is 17.1. The number of hydrogen-bond acceptors (Lipinski definition) is 5. The maximum Gasteiger partial charge on any atom is 0.270 e. The third-order valence-corrected chi connectivity index (χ3v) is 4.59. The monoisotopic (exact) mass is 344 g/mol. The molecule has 0 spiro atoms. The summed E-state index contributed by atoms with van der Waals surface area (Å²) >= 11 is 1.60. The van der Waals surface area contributed by atoms with Crippen molar-refractivity contribution in [2.75, 3.05) is 0 Å². The minimum Gasteiger partial charge on any atom is -0.341 e. The van der Waals surface area contributed by atoms with Crippen LogP contribution in [-0.4, -0.2) is 30.5 Å². The Balaban J connectivity index is 1.76. The van der Waals surface area contributed by atoms with Crippen LogP contribution in [0.15, 0.2) is 29.9 Å². The second-order valence-electron chi connectivity index (χ2n) is 5.55. The lowest BCUT2D eigenvalue weighted by Crippen LogP contribution is -2.30. The second kappa shape index (κ2) is 6.96. The predicted octanol–water partition coefficient (Wildman–Crippen LogP) is 2.64. The highest BCUT2D eigenvalue weighted by molar-refractivity contribution is 7.13. The smallest absolute Gasteiger partial charge is 0.270 e. The Labute approximate surface area is 144 Å². The van der Waals surface area contributed by atoms with E-state index in [4.69, 9.17) is 0 Å². The van der Waals surface area contributed by atoms with E-state index in [0.29, 0.717) is 5.69 Å². The lowest BCUT2D eigenvalue weighted by Gasteiger charge is -2.14. The van der Waals surface area contributed by atoms with E-state index in [1.807, 2.05) is 35.2 Å². The molecule has 0 bridgehead atoms.